The van der Waals surface area contributed by atoms with Crippen LogP contribution >= 0.6 is 23.1 Å². The molecule has 0 amide bonds. The number of thioether (sulfide) groups is 1. The Morgan fingerprint density at radius 1 is 1.08 bits per heavy atom. The number of pyridine rings is 1. The Morgan fingerprint density at radius 3 is 2.65 bits per heavy atom. The lowest BCUT2D eigenvalue weighted by molar-refractivity contribution is 0.415. The third-order valence-electron chi connectivity index (χ3n) is 3.84. The summed E-state index contributed by atoms with van der Waals surface area (Å²) in [6.07, 6.45) is 1.80. The predicted molar refractivity (Wildman–Crippen MR) is 106 cm³/mol. The van der Waals surface area contributed by atoms with Gasteiger partial charge in [0.2, 0.25) is 0 Å². The molecule has 0 aliphatic rings. The highest BCUT2D eigenvalue weighted by Crippen LogP contribution is 2.36. The summed E-state index contributed by atoms with van der Waals surface area (Å²) in [5, 5.41) is 10.8. The van der Waals surface area contributed by atoms with Crippen molar-refractivity contribution in [3.05, 3.63) is 59.4 Å². The molecule has 0 saturated carbocycles. The summed E-state index contributed by atoms with van der Waals surface area (Å²) >= 11 is 3.26. The first kappa shape index (κ1) is 16.9. The maximum absolute atomic E-state index is 5.23. The molecule has 0 saturated heterocycles. The van der Waals surface area contributed by atoms with Crippen molar-refractivity contribution >= 4 is 33.3 Å². The number of methoxy groups -OCH3 is 1. The second-order valence-electron chi connectivity index (χ2n) is 5.60. The van der Waals surface area contributed by atoms with Crippen molar-refractivity contribution in [2.75, 3.05) is 7.11 Å². The number of aromatic nitrogens is 4. The Morgan fingerprint density at radius 2 is 1.92 bits per heavy atom. The van der Waals surface area contributed by atoms with Crippen LogP contribution in [-0.4, -0.2) is 27.3 Å². The van der Waals surface area contributed by atoms with Crippen molar-refractivity contribution < 1.29 is 4.74 Å². The molecular weight excluding hydrogens is 364 g/mol. The number of fused-ring (bicyclic) bond motifs is 1. The number of benzene rings is 1. The minimum Gasteiger partial charge on any atom is -0.497 e. The van der Waals surface area contributed by atoms with E-state index in [4.69, 9.17) is 9.72 Å². The predicted octanol–water partition coefficient (Wildman–Crippen LogP) is 4.76. The van der Waals surface area contributed by atoms with Crippen LogP contribution in [0.15, 0.2) is 53.7 Å². The third-order valence-corrected chi connectivity index (χ3v) is 5.81. The smallest absolute Gasteiger partial charge is 0.146 e. The van der Waals surface area contributed by atoms with Gasteiger partial charge in [0.15, 0.2) is 0 Å². The van der Waals surface area contributed by atoms with Gasteiger partial charge in [0.25, 0.3) is 0 Å². The van der Waals surface area contributed by atoms with Crippen molar-refractivity contribution in [2.24, 2.45) is 0 Å². The Bertz CT molecular complexity index is 1030. The van der Waals surface area contributed by atoms with Crippen LogP contribution in [0, 0.1) is 6.92 Å². The Hall–Kier alpha value is -2.51. The van der Waals surface area contributed by atoms with Crippen LogP contribution in [0.4, 0.5) is 0 Å². The lowest BCUT2D eigenvalue weighted by Crippen LogP contribution is -1.94. The summed E-state index contributed by atoms with van der Waals surface area (Å²) in [6.45, 7) is 2.01. The van der Waals surface area contributed by atoms with Gasteiger partial charge in [-0.2, -0.15) is 0 Å². The molecule has 130 valence electrons. The molecule has 0 aliphatic heterocycles. The highest BCUT2D eigenvalue weighted by Gasteiger charge is 2.16. The molecule has 0 spiro atoms. The molecule has 4 rings (SSSR count). The zero-order chi connectivity index (χ0) is 17.9. The number of hydrogen-bond acceptors (Lipinski definition) is 7. The summed E-state index contributed by atoms with van der Waals surface area (Å²) in [4.78, 5) is 9.06. The molecule has 0 atom stereocenters. The van der Waals surface area contributed by atoms with Gasteiger partial charge in [-0.05, 0) is 43.3 Å². The molecule has 0 radical (unpaired) electrons. The molecule has 0 unspecified atom stereocenters. The van der Waals surface area contributed by atoms with Crippen molar-refractivity contribution in [2.45, 2.75) is 17.7 Å². The standard InChI is InChI=1S/C19H16N4OS2/c1-12-21-17-18(26-12)16(13-6-8-15(24-2)9-7-13)22-23-19(17)25-11-14-5-3-4-10-20-14/h3-10H,11H2,1-2H3. The highest BCUT2D eigenvalue weighted by atomic mass is 32.2. The molecule has 26 heavy (non-hydrogen) atoms. The first-order chi connectivity index (χ1) is 12.7. The van der Waals surface area contributed by atoms with Gasteiger partial charge in [0.1, 0.15) is 22.0 Å². The molecular formula is C19H16N4OS2. The minimum atomic E-state index is 0.739. The quantitative estimate of drug-likeness (QED) is 0.465. The van der Waals surface area contributed by atoms with Gasteiger partial charge in [-0.15, -0.1) is 21.5 Å². The topological polar surface area (TPSA) is 60.8 Å². The Balaban J connectivity index is 1.70. The third kappa shape index (κ3) is 3.40. The molecule has 0 fully saturated rings. The molecule has 0 aliphatic carbocycles. The average Bonchev–Trinajstić information content (AvgIpc) is 3.08. The zero-order valence-electron chi connectivity index (χ0n) is 14.3. The fraction of sp³-hybridized carbons (Fsp3) is 0.158. The SMILES string of the molecule is COc1ccc(-c2nnc(SCc3ccccn3)c3nc(C)sc23)cc1. The van der Waals surface area contributed by atoms with Gasteiger partial charge in [-0.3, -0.25) is 4.98 Å². The molecule has 3 aromatic heterocycles. The van der Waals surface area contributed by atoms with E-state index in [0.717, 1.165) is 48.7 Å². The van der Waals surface area contributed by atoms with E-state index in [0.29, 0.717) is 0 Å². The van der Waals surface area contributed by atoms with Crippen LogP contribution in [-0.2, 0) is 5.75 Å². The van der Waals surface area contributed by atoms with Gasteiger partial charge in [-0.1, -0.05) is 17.8 Å². The molecule has 0 bridgehead atoms. The Labute approximate surface area is 159 Å². The van der Waals surface area contributed by atoms with Crippen LogP contribution in [0.3, 0.4) is 0 Å². The fourth-order valence-corrected chi connectivity index (χ4v) is 4.41. The van der Waals surface area contributed by atoms with Gasteiger partial charge < -0.3 is 4.74 Å². The normalized spacial score (nSPS) is 11.0. The van der Waals surface area contributed by atoms with E-state index in [1.54, 1.807) is 36.4 Å². The molecule has 4 aromatic rings. The summed E-state index contributed by atoms with van der Waals surface area (Å²) < 4.78 is 6.30. The molecule has 0 N–H and O–H groups in total. The van der Waals surface area contributed by atoms with Crippen molar-refractivity contribution in [1.82, 2.24) is 20.2 Å². The van der Waals surface area contributed by atoms with E-state index >= 15 is 0 Å². The summed E-state index contributed by atoms with van der Waals surface area (Å²) in [7, 11) is 1.66. The second kappa shape index (κ2) is 7.39. The van der Waals surface area contributed by atoms with Gasteiger partial charge in [-0.25, -0.2) is 4.98 Å². The maximum atomic E-state index is 5.23. The van der Waals surface area contributed by atoms with E-state index < -0.39 is 0 Å². The minimum absolute atomic E-state index is 0.739. The maximum Gasteiger partial charge on any atom is 0.146 e. The van der Waals surface area contributed by atoms with E-state index in [2.05, 4.69) is 15.2 Å². The van der Waals surface area contributed by atoms with Crippen LogP contribution in [0.2, 0.25) is 0 Å². The number of nitrogens with zero attached hydrogens (tertiary/aromatic N) is 4. The largest absolute Gasteiger partial charge is 0.497 e. The van der Waals surface area contributed by atoms with Crippen LogP contribution in [0.25, 0.3) is 21.5 Å². The van der Waals surface area contributed by atoms with Crippen LogP contribution in [0.5, 0.6) is 5.75 Å². The lowest BCUT2D eigenvalue weighted by Gasteiger charge is -2.06. The average molecular weight is 380 g/mol. The number of hydrogen-bond donors (Lipinski definition) is 0. The molecule has 1 aromatic carbocycles. The van der Waals surface area contributed by atoms with E-state index in [9.17, 15) is 0 Å². The number of rotatable bonds is 5. The fourth-order valence-electron chi connectivity index (χ4n) is 2.58. The summed E-state index contributed by atoms with van der Waals surface area (Å²) in [6, 6.07) is 13.8. The zero-order valence-corrected chi connectivity index (χ0v) is 16.0. The number of ether oxygens (including phenoxy) is 1. The number of thiazole rings is 1. The van der Waals surface area contributed by atoms with Gasteiger partial charge in [0, 0.05) is 17.5 Å². The van der Waals surface area contributed by atoms with Crippen molar-refractivity contribution in [3.8, 4) is 17.0 Å². The molecule has 7 heteroatoms. The second-order valence-corrected chi connectivity index (χ2v) is 7.77. The van der Waals surface area contributed by atoms with E-state index in [1.165, 1.54) is 0 Å². The van der Waals surface area contributed by atoms with Crippen molar-refractivity contribution in [3.63, 3.8) is 0 Å². The summed E-state index contributed by atoms with van der Waals surface area (Å²) in [5.41, 5.74) is 3.79. The van der Waals surface area contributed by atoms with Crippen LogP contribution in [0.1, 0.15) is 10.7 Å². The van der Waals surface area contributed by atoms with Gasteiger partial charge >= 0.3 is 0 Å². The first-order valence-electron chi connectivity index (χ1n) is 8.05. The lowest BCUT2D eigenvalue weighted by atomic mass is 10.1. The summed E-state index contributed by atoms with van der Waals surface area (Å²) in [5.74, 6) is 1.56. The van der Waals surface area contributed by atoms with Crippen molar-refractivity contribution in [1.29, 1.82) is 0 Å². The Kier molecular flexibility index (Phi) is 4.81. The molecule has 5 nitrogen and oxygen atoms in total. The van der Waals surface area contributed by atoms with Gasteiger partial charge in [0.05, 0.1) is 22.5 Å². The van der Waals surface area contributed by atoms with Crippen LogP contribution < -0.4 is 4.74 Å². The van der Waals surface area contributed by atoms with E-state index in [-0.39, 0.29) is 0 Å². The highest BCUT2D eigenvalue weighted by molar-refractivity contribution is 7.98. The monoisotopic (exact) mass is 380 g/mol. The molecule has 3 heterocycles. The number of aryl methyl sites for hydroxylation is 1. The first-order valence-corrected chi connectivity index (χ1v) is 9.86. The van der Waals surface area contributed by atoms with E-state index in [1.807, 2.05) is 49.4 Å².